The van der Waals surface area contributed by atoms with E-state index in [-0.39, 0.29) is 18.9 Å². The largest absolute Gasteiger partial charge is 0.394 e. The predicted molar refractivity (Wildman–Crippen MR) is 369 cm³/mol. The number of allylic oxidation sites excluding steroid dienone is 9. The van der Waals surface area contributed by atoms with Gasteiger partial charge in [-0.05, 0) is 57.8 Å². The minimum Gasteiger partial charge on any atom is -0.394 e. The number of unbranched alkanes of at least 4 members (excludes halogenated alkanes) is 34. The Labute approximate surface area is 566 Å². The van der Waals surface area contributed by atoms with Crippen LogP contribution < -0.4 is 5.32 Å². The summed E-state index contributed by atoms with van der Waals surface area (Å²) in [5.74, 6) is -0.273. The molecule has 12 N–H and O–H groups in total. The van der Waals surface area contributed by atoms with Gasteiger partial charge in [-0.15, -0.1) is 0 Å². The third-order valence-corrected chi connectivity index (χ3v) is 18.6. The molecule has 0 aliphatic carbocycles. The Morgan fingerprint density at radius 1 is 0.394 bits per heavy atom. The van der Waals surface area contributed by atoms with Crippen molar-refractivity contribution in [3.8, 4) is 0 Å². The van der Waals surface area contributed by atoms with Crippen molar-refractivity contribution >= 4 is 5.91 Å². The first-order valence-electron chi connectivity index (χ1n) is 37.5. The van der Waals surface area contributed by atoms with Crippen LogP contribution in [0.5, 0.6) is 0 Å². The molecule has 0 spiro atoms. The maximum Gasteiger partial charge on any atom is 0.220 e. The lowest BCUT2D eigenvalue weighted by molar-refractivity contribution is -0.379. The van der Waals surface area contributed by atoms with Gasteiger partial charge in [0.15, 0.2) is 18.9 Å². The van der Waals surface area contributed by atoms with Crippen molar-refractivity contribution in [1.29, 1.82) is 0 Å². The summed E-state index contributed by atoms with van der Waals surface area (Å²) in [6, 6.07) is -0.973. The monoisotopic (exact) mass is 1340 g/mol. The quantitative estimate of drug-likeness (QED) is 0.0199. The average molecular weight is 1340 g/mol. The highest BCUT2D eigenvalue weighted by Crippen LogP contribution is 2.33. The molecular weight excluding hydrogens is 1200 g/mol. The van der Waals surface area contributed by atoms with Gasteiger partial charge in [-0.3, -0.25) is 4.79 Å². The van der Waals surface area contributed by atoms with E-state index in [1.165, 1.54) is 180 Å². The Hall–Kier alpha value is -2.51. The highest BCUT2D eigenvalue weighted by molar-refractivity contribution is 5.76. The van der Waals surface area contributed by atoms with Crippen LogP contribution in [0.4, 0.5) is 0 Å². The van der Waals surface area contributed by atoms with Gasteiger partial charge in [-0.25, -0.2) is 0 Å². The number of ether oxygens (including phenoxy) is 6. The van der Waals surface area contributed by atoms with E-state index in [1.807, 2.05) is 6.08 Å². The summed E-state index contributed by atoms with van der Waals surface area (Å²) in [6.45, 7) is 1.64. The fourth-order valence-corrected chi connectivity index (χ4v) is 12.5. The molecule has 0 bridgehead atoms. The SMILES string of the molecule is CC/C=C\C/C=C\C/C=C\C/C=C\CCCCCCCCCCCCCCCCCCCCCCC(=O)NC(COC1OC(CO)C(OC2OC(CO)C(OC3OC(CO)C(O)C(O)C3O)C(O)C2O)C(O)C1O)C(O)/C=C/CCCCCCCCCCCCCCCC. The lowest BCUT2D eigenvalue weighted by Gasteiger charge is -2.48. The lowest BCUT2D eigenvalue weighted by atomic mass is 9.96. The van der Waals surface area contributed by atoms with Crippen LogP contribution in [0.15, 0.2) is 60.8 Å². The van der Waals surface area contributed by atoms with Crippen LogP contribution in [0.25, 0.3) is 0 Å². The molecule has 3 saturated heterocycles. The number of carbonyl (C=O) groups is 1. The van der Waals surface area contributed by atoms with Gasteiger partial charge in [0, 0.05) is 6.42 Å². The normalized spacial score (nSPS) is 27.7. The Balaban J connectivity index is 1.35. The van der Waals surface area contributed by atoms with Crippen LogP contribution in [-0.2, 0) is 33.2 Å². The van der Waals surface area contributed by atoms with Crippen molar-refractivity contribution in [2.45, 2.75) is 381 Å². The van der Waals surface area contributed by atoms with Gasteiger partial charge in [0.2, 0.25) is 5.91 Å². The van der Waals surface area contributed by atoms with Gasteiger partial charge in [0.25, 0.3) is 0 Å². The number of hydrogen-bond acceptors (Lipinski definition) is 18. The third-order valence-electron chi connectivity index (χ3n) is 18.6. The summed E-state index contributed by atoms with van der Waals surface area (Å²) in [5.41, 5.74) is 0. The molecule has 17 atom stereocenters. The molecule has 0 radical (unpaired) electrons. The highest BCUT2D eigenvalue weighted by Gasteiger charge is 2.53. The van der Waals surface area contributed by atoms with Crippen LogP contribution >= 0.6 is 0 Å². The summed E-state index contributed by atoms with van der Waals surface area (Å²) >= 11 is 0. The fourth-order valence-electron chi connectivity index (χ4n) is 12.5. The van der Waals surface area contributed by atoms with Crippen LogP contribution in [0.3, 0.4) is 0 Å². The number of amides is 1. The Morgan fingerprint density at radius 3 is 1.15 bits per heavy atom. The van der Waals surface area contributed by atoms with Gasteiger partial charge in [-0.1, -0.05) is 274 Å². The molecule has 3 aliphatic heterocycles. The zero-order valence-corrected chi connectivity index (χ0v) is 58.2. The summed E-state index contributed by atoms with van der Waals surface area (Å²) in [4.78, 5) is 13.4. The minimum absolute atomic E-state index is 0.245. The van der Waals surface area contributed by atoms with E-state index in [0.717, 1.165) is 70.6 Å². The van der Waals surface area contributed by atoms with Crippen molar-refractivity contribution in [1.82, 2.24) is 5.32 Å². The van der Waals surface area contributed by atoms with E-state index < -0.39 is 124 Å². The summed E-state index contributed by atoms with van der Waals surface area (Å²) in [7, 11) is 0. The number of nitrogens with one attached hydrogen (secondary N) is 1. The highest BCUT2D eigenvalue weighted by atomic mass is 16.8. The maximum absolute atomic E-state index is 13.4. The van der Waals surface area contributed by atoms with Gasteiger partial charge in [0.1, 0.15) is 73.2 Å². The summed E-state index contributed by atoms with van der Waals surface area (Å²) < 4.78 is 34.4. The van der Waals surface area contributed by atoms with E-state index >= 15 is 0 Å². The second-order valence-corrected chi connectivity index (χ2v) is 26.7. The lowest BCUT2D eigenvalue weighted by Crippen LogP contribution is -2.66. The van der Waals surface area contributed by atoms with E-state index in [1.54, 1.807) is 6.08 Å². The Morgan fingerprint density at radius 2 is 0.734 bits per heavy atom. The van der Waals surface area contributed by atoms with Crippen LogP contribution in [0, 0.1) is 0 Å². The molecule has 3 rings (SSSR count). The second kappa shape index (κ2) is 56.3. The number of rotatable bonds is 58. The van der Waals surface area contributed by atoms with Crippen LogP contribution in [0.2, 0.25) is 0 Å². The Kier molecular flexibility index (Phi) is 51.3. The number of carbonyl (C=O) groups excluding carboxylic acids is 1. The molecule has 3 aliphatic rings. The molecule has 0 saturated carbocycles. The van der Waals surface area contributed by atoms with Gasteiger partial charge < -0.3 is 89.9 Å². The summed E-state index contributed by atoms with van der Waals surface area (Å²) in [5, 5.41) is 121. The Bertz CT molecular complexity index is 1940. The molecular formula is C75H135NO18. The molecule has 19 heteroatoms. The van der Waals surface area contributed by atoms with Crippen LogP contribution in [0.1, 0.15) is 277 Å². The molecule has 94 heavy (non-hydrogen) atoms. The van der Waals surface area contributed by atoms with Crippen molar-refractivity contribution < 1.29 is 89.4 Å². The molecule has 17 unspecified atom stereocenters. The first-order valence-corrected chi connectivity index (χ1v) is 37.5. The maximum atomic E-state index is 13.4. The third kappa shape index (κ3) is 37.1. The van der Waals surface area contributed by atoms with Gasteiger partial charge in [-0.2, -0.15) is 0 Å². The van der Waals surface area contributed by atoms with Crippen molar-refractivity contribution in [2.24, 2.45) is 0 Å². The van der Waals surface area contributed by atoms with Crippen LogP contribution in [-0.4, -0.2) is 193 Å². The van der Waals surface area contributed by atoms with Gasteiger partial charge >= 0.3 is 0 Å². The van der Waals surface area contributed by atoms with E-state index in [0.29, 0.717) is 6.42 Å². The first kappa shape index (κ1) is 85.7. The zero-order chi connectivity index (χ0) is 68.2. The molecule has 0 aromatic carbocycles. The average Bonchev–Trinajstić information content (AvgIpc) is 0.787. The second-order valence-electron chi connectivity index (χ2n) is 26.7. The van der Waals surface area contributed by atoms with E-state index in [9.17, 15) is 61.0 Å². The number of hydrogen-bond donors (Lipinski definition) is 12. The molecule has 1 amide bonds. The summed E-state index contributed by atoms with van der Waals surface area (Å²) in [6.07, 6.45) is 43.5. The van der Waals surface area contributed by atoms with Crippen molar-refractivity contribution in [3.63, 3.8) is 0 Å². The smallest absolute Gasteiger partial charge is 0.220 e. The van der Waals surface area contributed by atoms with Gasteiger partial charge in [0.05, 0.1) is 38.6 Å². The van der Waals surface area contributed by atoms with Crippen molar-refractivity contribution in [3.05, 3.63) is 60.8 Å². The van der Waals surface area contributed by atoms with E-state index in [4.69, 9.17) is 28.4 Å². The zero-order valence-electron chi connectivity index (χ0n) is 58.2. The number of aliphatic hydroxyl groups excluding tert-OH is 11. The number of aliphatic hydroxyl groups is 11. The molecule has 548 valence electrons. The molecule has 19 nitrogen and oxygen atoms in total. The predicted octanol–water partition coefficient (Wildman–Crippen LogP) is 11.1. The van der Waals surface area contributed by atoms with E-state index in [2.05, 4.69) is 67.8 Å². The fraction of sp³-hybridized carbons (Fsp3) is 0.853. The molecule has 0 aromatic heterocycles. The topological polar surface area (TPSA) is 307 Å². The standard InChI is InChI=1S/C75H135NO18/c1-3-5-7-9-11-13-15-17-19-21-22-23-24-25-26-27-28-29-30-31-32-33-34-35-36-37-39-41-43-45-47-49-51-53-63(81)76-58(59(80)52-50-48-46-44-42-40-38-20-18-16-14-12-10-8-6-4-2)57-89-73-69(87)66(84)71(61(55-78)91-73)94-75-70(88)67(85)72(62(56-79)92-75)93-74-68(86)65(83)64(82)60(54-77)90-74/h5,7,11,13,17,19,22-23,50,52,58-62,64-75,77-80,82-88H,3-4,6,8-10,12,14-16,18,20-21,24-49,51,53-57H2,1-2H3,(H,76,81)/b7-5-,13-11-,19-17-,23-22-,52-50+. The molecule has 3 fully saturated rings. The molecule has 3 heterocycles. The minimum atomic E-state index is -1.98. The van der Waals surface area contributed by atoms with Crippen molar-refractivity contribution in [2.75, 3.05) is 26.4 Å². The molecule has 0 aromatic rings. The first-order chi connectivity index (χ1) is 45.8.